The predicted molar refractivity (Wildman–Crippen MR) is 113 cm³/mol. The van der Waals surface area contributed by atoms with Crippen LogP contribution in [0.15, 0.2) is 29.4 Å². The van der Waals surface area contributed by atoms with Gasteiger partial charge < -0.3 is 15.4 Å². The van der Waals surface area contributed by atoms with Gasteiger partial charge in [0.05, 0.1) is 6.10 Å². The van der Waals surface area contributed by atoms with Crippen LogP contribution in [0.2, 0.25) is 0 Å². The van der Waals surface area contributed by atoms with E-state index in [1.807, 2.05) is 18.3 Å². The molecular formula is C19H31IN4O. The summed E-state index contributed by atoms with van der Waals surface area (Å²) >= 11 is 0. The molecule has 2 saturated carbocycles. The highest BCUT2D eigenvalue weighted by molar-refractivity contribution is 14.0. The number of halogens is 1. The van der Waals surface area contributed by atoms with Crippen molar-refractivity contribution in [1.29, 1.82) is 0 Å². The topological polar surface area (TPSA) is 58.5 Å². The first-order valence-corrected chi connectivity index (χ1v) is 9.35. The summed E-state index contributed by atoms with van der Waals surface area (Å²) in [5, 5.41) is 7.04. The number of pyridine rings is 1. The molecule has 0 saturated heterocycles. The monoisotopic (exact) mass is 458 g/mol. The molecule has 5 nitrogen and oxygen atoms in total. The maximum Gasteiger partial charge on any atom is 0.191 e. The second-order valence-corrected chi connectivity index (χ2v) is 6.80. The lowest BCUT2D eigenvalue weighted by Gasteiger charge is -2.61. The van der Waals surface area contributed by atoms with Gasteiger partial charge in [-0.3, -0.25) is 9.98 Å². The normalized spacial score (nSPS) is 24.0. The fraction of sp³-hybridized carbons (Fsp3) is 0.684. The molecule has 2 fully saturated rings. The highest BCUT2D eigenvalue weighted by Crippen LogP contribution is 2.57. The van der Waals surface area contributed by atoms with E-state index in [2.05, 4.69) is 35.5 Å². The number of aromatic nitrogens is 1. The number of nitrogens with one attached hydrogen (secondary N) is 2. The van der Waals surface area contributed by atoms with E-state index in [0.717, 1.165) is 44.2 Å². The molecule has 0 radical (unpaired) electrons. The number of hydrogen-bond acceptors (Lipinski definition) is 3. The lowest BCUT2D eigenvalue weighted by Crippen LogP contribution is -2.68. The first kappa shape index (κ1) is 20.4. The maximum absolute atomic E-state index is 5.94. The molecule has 2 unspecified atom stereocenters. The van der Waals surface area contributed by atoms with Crippen LogP contribution in [0.1, 0.15) is 45.2 Å². The third-order valence-corrected chi connectivity index (χ3v) is 5.46. The van der Waals surface area contributed by atoms with Crippen LogP contribution in [-0.2, 0) is 11.2 Å². The SMILES string of the molecule is CCNC(=NCCc1ccccn1)NC1CC(OCC)C12CCC2.I. The third kappa shape index (κ3) is 4.64. The van der Waals surface area contributed by atoms with Crippen molar-refractivity contribution in [3.63, 3.8) is 0 Å². The fourth-order valence-electron chi connectivity index (χ4n) is 3.95. The second kappa shape index (κ2) is 9.71. The van der Waals surface area contributed by atoms with E-state index >= 15 is 0 Å². The van der Waals surface area contributed by atoms with E-state index in [0.29, 0.717) is 17.6 Å². The van der Waals surface area contributed by atoms with Gasteiger partial charge in [-0.05, 0) is 45.2 Å². The molecular weight excluding hydrogens is 427 g/mol. The van der Waals surface area contributed by atoms with Gasteiger partial charge in [-0.2, -0.15) is 0 Å². The van der Waals surface area contributed by atoms with Gasteiger partial charge in [-0.15, -0.1) is 24.0 Å². The summed E-state index contributed by atoms with van der Waals surface area (Å²) in [5.41, 5.74) is 1.44. The van der Waals surface area contributed by atoms with E-state index in [1.54, 1.807) is 0 Å². The molecule has 6 heteroatoms. The summed E-state index contributed by atoms with van der Waals surface area (Å²) in [4.78, 5) is 9.10. The molecule has 2 aliphatic carbocycles. The van der Waals surface area contributed by atoms with Crippen molar-refractivity contribution in [3.8, 4) is 0 Å². The van der Waals surface area contributed by atoms with Crippen molar-refractivity contribution in [2.45, 2.75) is 58.1 Å². The third-order valence-electron chi connectivity index (χ3n) is 5.46. The lowest BCUT2D eigenvalue weighted by molar-refractivity contribution is -0.168. The smallest absolute Gasteiger partial charge is 0.191 e. The molecule has 0 aliphatic heterocycles. The summed E-state index contributed by atoms with van der Waals surface area (Å²) in [7, 11) is 0. The van der Waals surface area contributed by atoms with Crippen molar-refractivity contribution >= 4 is 29.9 Å². The Morgan fingerprint density at radius 1 is 1.36 bits per heavy atom. The molecule has 140 valence electrons. The fourth-order valence-corrected chi connectivity index (χ4v) is 3.95. The first-order chi connectivity index (χ1) is 11.8. The Labute approximate surface area is 168 Å². The Bertz CT molecular complexity index is 548. The van der Waals surface area contributed by atoms with E-state index < -0.39 is 0 Å². The quantitative estimate of drug-likeness (QED) is 0.375. The molecule has 1 spiro atoms. The Hall–Kier alpha value is -0.890. The zero-order chi connectivity index (χ0) is 16.8. The summed E-state index contributed by atoms with van der Waals surface area (Å²) in [6.07, 6.45) is 8.13. The molecule has 1 aromatic heterocycles. The Balaban J connectivity index is 0.00000225. The number of ether oxygens (including phenoxy) is 1. The summed E-state index contributed by atoms with van der Waals surface area (Å²) in [5.74, 6) is 0.930. The van der Waals surface area contributed by atoms with Gasteiger partial charge in [0.25, 0.3) is 0 Å². The van der Waals surface area contributed by atoms with E-state index in [-0.39, 0.29) is 24.0 Å². The molecule has 1 aromatic rings. The number of nitrogens with zero attached hydrogens (tertiary/aromatic N) is 2. The van der Waals surface area contributed by atoms with Crippen LogP contribution in [0.3, 0.4) is 0 Å². The van der Waals surface area contributed by atoms with Crippen molar-refractivity contribution in [2.24, 2.45) is 10.4 Å². The molecule has 3 rings (SSSR count). The van der Waals surface area contributed by atoms with Crippen molar-refractivity contribution in [3.05, 3.63) is 30.1 Å². The molecule has 0 amide bonds. The average Bonchev–Trinajstić information content (AvgIpc) is 2.53. The number of aliphatic imine (C=N–C) groups is 1. The predicted octanol–water partition coefficient (Wildman–Crippen LogP) is 3.14. The highest BCUT2D eigenvalue weighted by atomic mass is 127. The van der Waals surface area contributed by atoms with Gasteiger partial charge in [0.1, 0.15) is 0 Å². The van der Waals surface area contributed by atoms with Crippen LogP contribution in [0.25, 0.3) is 0 Å². The minimum absolute atomic E-state index is 0. The molecule has 2 atom stereocenters. The largest absolute Gasteiger partial charge is 0.378 e. The van der Waals surface area contributed by atoms with Crippen LogP contribution >= 0.6 is 24.0 Å². The van der Waals surface area contributed by atoms with Crippen LogP contribution in [0, 0.1) is 5.41 Å². The summed E-state index contributed by atoms with van der Waals surface area (Å²) in [6, 6.07) is 6.52. The molecule has 2 aliphatic rings. The van der Waals surface area contributed by atoms with E-state index in [4.69, 9.17) is 9.73 Å². The Kier molecular flexibility index (Phi) is 7.93. The molecule has 0 aromatic carbocycles. The zero-order valence-corrected chi connectivity index (χ0v) is 17.7. The van der Waals surface area contributed by atoms with Crippen LogP contribution in [-0.4, -0.2) is 42.8 Å². The van der Waals surface area contributed by atoms with Gasteiger partial charge >= 0.3 is 0 Å². The lowest BCUT2D eigenvalue weighted by atomic mass is 9.51. The van der Waals surface area contributed by atoms with Crippen molar-refractivity contribution in [1.82, 2.24) is 15.6 Å². The van der Waals surface area contributed by atoms with Crippen molar-refractivity contribution < 1.29 is 4.74 Å². The molecule has 2 N–H and O–H groups in total. The van der Waals surface area contributed by atoms with Gasteiger partial charge in [0.2, 0.25) is 0 Å². The number of guanidine groups is 1. The van der Waals surface area contributed by atoms with Crippen LogP contribution in [0.5, 0.6) is 0 Å². The number of rotatable bonds is 7. The standard InChI is InChI=1S/C19H30N4O.HI/c1-3-20-18(22-13-9-15-8-5-6-12-21-15)23-16-14-17(24-4-2)19(16)10-7-11-19;/h5-6,8,12,16-17H,3-4,7,9-11,13-14H2,1-2H3,(H2,20,22,23);1H. The van der Waals surface area contributed by atoms with Gasteiger partial charge in [0, 0.05) is 49.5 Å². The number of hydrogen-bond donors (Lipinski definition) is 2. The van der Waals surface area contributed by atoms with E-state index in [9.17, 15) is 0 Å². The summed E-state index contributed by atoms with van der Waals surface area (Å²) in [6.45, 7) is 6.65. The van der Waals surface area contributed by atoms with E-state index in [1.165, 1.54) is 19.3 Å². The summed E-state index contributed by atoms with van der Waals surface area (Å²) < 4.78 is 5.94. The Morgan fingerprint density at radius 3 is 2.80 bits per heavy atom. The minimum atomic E-state index is 0. The first-order valence-electron chi connectivity index (χ1n) is 9.35. The zero-order valence-electron chi connectivity index (χ0n) is 15.3. The Morgan fingerprint density at radius 2 is 2.20 bits per heavy atom. The van der Waals surface area contributed by atoms with Crippen molar-refractivity contribution in [2.75, 3.05) is 19.7 Å². The molecule has 25 heavy (non-hydrogen) atoms. The average molecular weight is 458 g/mol. The minimum Gasteiger partial charge on any atom is -0.378 e. The van der Waals surface area contributed by atoms with Gasteiger partial charge in [-0.25, -0.2) is 0 Å². The molecule has 0 bridgehead atoms. The molecule has 1 heterocycles. The van der Waals surface area contributed by atoms with Gasteiger partial charge in [-0.1, -0.05) is 12.5 Å². The second-order valence-electron chi connectivity index (χ2n) is 6.80. The maximum atomic E-state index is 5.94. The van der Waals surface area contributed by atoms with Crippen LogP contribution < -0.4 is 10.6 Å². The van der Waals surface area contributed by atoms with Crippen LogP contribution in [0.4, 0.5) is 0 Å². The highest BCUT2D eigenvalue weighted by Gasteiger charge is 2.59. The van der Waals surface area contributed by atoms with Gasteiger partial charge in [0.15, 0.2) is 5.96 Å².